The Kier molecular flexibility index (Phi) is 7.30. The summed E-state index contributed by atoms with van der Waals surface area (Å²) in [5.74, 6) is -1.56. The lowest BCUT2D eigenvalue weighted by molar-refractivity contribution is -0.143. The van der Waals surface area contributed by atoms with Crippen molar-refractivity contribution in [3.05, 3.63) is 101 Å². The number of anilines is 1. The van der Waals surface area contributed by atoms with Crippen LogP contribution < -0.4 is 10.2 Å². The number of carbonyl (C=O) groups excluding carboxylic acids is 2. The van der Waals surface area contributed by atoms with Gasteiger partial charge in [0.2, 0.25) is 12.1 Å². The molecule has 0 fully saturated rings. The Morgan fingerprint density at radius 1 is 0.895 bits per heavy atom. The third kappa shape index (κ3) is 5.71. The van der Waals surface area contributed by atoms with Gasteiger partial charge in [0.15, 0.2) is 0 Å². The largest absolute Gasteiger partial charge is 0.416 e. The molecule has 0 bridgehead atoms. The van der Waals surface area contributed by atoms with Gasteiger partial charge in [0.1, 0.15) is 0 Å². The third-order valence-electron chi connectivity index (χ3n) is 5.88. The van der Waals surface area contributed by atoms with Crippen LogP contribution in [-0.2, 0) is 28.4 Å². The first-order valence-corrected chi connectivity index (χ1v) is 11.5. The molecule has 0 saturated heterocycles. The van der Waals surface area contributed by atoms with E-state index in [2.05, 4.69) is 10.3 Å². The maximum atomic E-state index is 13.4. The van der Waals surface area contributed by atoms with E-state index in [1.807, 2.05) is 0 Å². The van der Waals surface area contributed by atoms with Crippen LogP contribution in [0.2, 0.25) is 0 Å². The smallest absolute Gasteiger partial charge is 0.326 e. The molecule has 5 nitrogen and oxygen atoms in total. The molecule has 1 N–H and O–H groups in total. The molecule has 0 aliphatic carbocycles. The minimum absolute atomic E-state index is 0.0109. The van der Waals surface area contributed by atoms with E-state index in [1.54, 1.807) is 61.5 Å². The van der Waals surface area contributed by atoms with Crippen LogP contribution in [0.4, 0.5) is 32.0 Å². The first kappa shape index (κ1) is 26.9. The molecular formula is C27H21F6N3O2. The highest BCUT2D eigenvalue weighted by Gasteiger charge is 2.37. The molecule has 1 aliphatic heterocycles. The minimum Gasteiger partial charge on any atom is -0.326 e. The van der Waals surface area contributed by atoms with Crippen molar-refractivity contribution in [2.45, 2.75) is 31.9 Å². The highest BCUT2D eigenvalue weighted by atomic mass is 19.4. The van der Waals surface area contributed by atoms with Gasteiger partial charge in [-0.15, -0.1) is 0 Å². The summed E-state index contributed by atoms with van der Waals surface area (Å²) >= 11 is 0. The standard InChI is InChI=1S/C27H21F6N3O2/c1-2-36-21-11-7-6-10-20(21)23(17-8-4-3-5-9-17)35-24(25(36)38)34-22(37)14-16-12-18(26(28,29)30)15-19(13-16)27(31,32)33/h3-13,15,24H,2,14H2,1H3,(H,34,37). The van der Waals surface area contributed by atoms with Crippen molar-refractivity contribution < 1.29 is 35.9 Å². The van der Waals surface area contributed by atoms with E-state index in [0.717, 1.165) is 0 Å². The van der Waals surface area contributed by atoms with Crippen LogP contribution in [0.3, 0.4) is 0 Å². The number of halogens is 6. The van der Waals surface area contributed by atoms with Crippen molar-refractivity contribution in [1.29, 1.82) is 0 Å². The molecule has 4 rings (SSSR count). The fourth-order valence-electron chi connectivity index (χ4n) is 4.19. The average molecular weight is 533 g/mol. The van der Waals surface area contributed by atoms with Crippen LogP contribution in [0.25, 0.3) is 0 Å². The van der Waals surface area contributed by atoms with Gasteiger partial charge in [-0.1, -0.05) is 48.5 Å². The Labute approximate surface area is 213 Å². The van der Waals surface area contributed by atoms with Crippen molar-refractivity contribution in [3.8, 4) is 0 Å². The van der Waals surface area contributed by atoms with Crippen LogP contribution in [0.5, 0.6) is 0 Å². The second kappa shape index (κ2) is 10.3. The predicted molar refractivity (Wildman–Crippen MR) is 129 cm³/mol. The van der Waals surface area contributed by atoms with Crippen molar-refractivity contribution in [2.24, 2.45) is 4.99 Å². The number of fused-ring (bicyclic) bond motifs is 1. The average Bonchev–Trinajstić information content (AvgIpc) is 2.97. The van der Waals surface area contributed by atoms with Gasteiger partial charge < -0.3 is 10.2 Å². The number of alkyl halides is 6. The lowest BCUT2D eigenvalue weighted by Crippen LogP contribution is -2.47. The molecule has 3 aromatic carbocycles. The number of aliphatic imine (C=N–C) groups is 1. The molecule has 198 valence electrons. The number of benzene rings is 3. The number of rotatable bonds is 5. The molecule has 1 unspecified atom stereocenters. The topological polar surface area (TPSA) is 61.8 Å². The second-order valence-corrected chi connectivity index (χ2v) is 8.50. The summed E-state index contributed by atoms with van der Waals surface area (Å²) in [6.07, 6.45) is -12.4. The Balaban J connectivity index is 1.70. The Morgan fingerprint density at radius 3 is 2.05 bits per heavy atom. The summed E-state index contributed by atoms with van der Waals surface area (Å²) in [7, 11) is 0. The number of likely N-dealkylation sites (N-methyl/N-ethyl adjacent to an activating group) is 1. The molecule has 38 heavy (non-hydrogen) atoms. The zero-order chi connectivity index (χ0) is 27.7. The Bertz CT molecular complexity index is 1350. The van der Waals surface area contributed by atoms with Gasteiger partial charge >= 0.3 is 12.4 Å². The third-order valence-corrected chi connectivity index (χ3v) is 5.88. The van der Waals surface area contributed by atoms with Gasteiger partial charge in [-0.25, -0.2) is 4.99 Å². The van der Waals surface area contributed by atoms with Crippen LogP contribution in [-0.4, -0.2) is 30.2 Å². The number of nitrogens with zero attached hydrogens (tertiary/aromatic N) is 2. The quantitative estimate of drug-likeness (QED) is 0.434. The number of para-hydroxylation sites is 1. The zero-order valence-electron chi connectivity index (χ0n) is 19.9. The Hall–Kier alpha value is -4.15. The van der Waals surface area contributed by atoms with Crippen LogP contribution in [0.15, 0.2) is 77.8 Å². The number of amides is 2. The molecule has 3 aromatic rings. The van der Waals surface area contributed by atoms with E-state index < -0.39 is 53.4 Å². The highest BCUT2D eigenvalue weighted by molar-refractivity contribution is 6.20. The molecule has 0 aromatic heterocycles. The van der Waals surface area contributed by atoms with E-state index >= 15 is 0 Å². The van der Waals surface area contributed by atoms with Gasteiger partial charge in [0, 0.05) is 17.7 Å². The molecule has 1 heterocycles. The van der Waals surface area contributed by atoms with Gasteiger partial charge in [-0.3, -0.25) is 9.59 Å². The number of nitrogens with one attached hydrogen (secondary N) is 1. The summed E-state index contributed by atoms with van der Waals surface area (Å²) in [5.41, 5.74) is -1.35. The Morgan fingerprint density at radius 2 is 1.47 bits per heavy atom. The second-order valence-electron chi connectivity index (χ2n) is 8.50. The van der Waals surface area contributed by atoms with E-state index in [-0.39, 0.29) is 12.6 Å². The van der Waals surface area contributed by atoms with E-state index in [9.17, 15) is 35.9 Å². The molecule has 1 atom stereocenters. The van der Waals surface area contributed by atoms with E-state index in [0.29, 0.717) is 34.7 Å². The molecule has 0 radical (unpaired) electrons. The summed E-state index contributed by atoms with van der Waals surface area (Å²) < 4.78 is 79.3. The number of carbonyl (C=O) groups is 2. The lowest BCUT2D eigenvalue weighted by atomic mass is 10.0. The normalized spacial score (nSPS) is 16.0. The SMILES string of the molecule is CCN1C(=O)C(NC(=O)Cc2cc(C(F)(F)F)cc(C(F)(F)F)c2)N=C(c2ccccc2)c2ccccc21. The van der Waals surface area contributed by atoms with E-state index in [4.69, 9.17) is 0 Å². The fourth-order valence-corrected chi connectivity index (χ4v) is 4.19. The molecule has 0 saturated carbocycles. The molecule has 11 heteroatoms. The minimum atomic E-state index is -5.05. The van der Waals surface area contributed by atoms with Gasteiger partial charge in [-0.05, 0) is 36.8 Å². The van der Waals surface area contributed by atoms with Gasteiger partial charge in [-0.2, -0.15) is 26.3 Å². The first-order chi connectivity index (χ1) is 17.9. The fraction of sp³-hybridized carbons (Fsp3) is 0.222. The van der Waals surface area contributed by atoms with Crippen LogP contribution in [0.1, 0.15) is 34.7 Å². The van der Waals surface area contributed by atoms with Crippen molar-refractivity contribution in [1.82, 2.24) is 5.32 Å². The van der Waals surface area contributed by atoms with Crippen LogP contribution in [0, 0.1) is 0 Å². The zero-order valence-corrected chi connectivity index (χ0v) is 19.9. The van der Waals surface area contributed by atoms with Crippen molar-refractivity contribution in [3.63, 3.8) is 0 Å². The van der Waals surface area contributed by atoms with Crippen LogP contribution >= 0.6 is 0 Å². The number of benzodiazepines with no additional fused rings is 1. The number of hydrogen-bond acceptors (Lipinski definition) is 3. The van der Waals surface area contributed by atoms with E-state index in [1.165, 1.54) is 4.90 Å². The van der Waals surface area contributed by atoms with Gasteiger partial charge in [0.05, 0.1) is 28.9 Å². The maximum absolute atomic E-state index is 13.4. The van der Waals surface area contributed by atoms with Gasteiger partial charge in [0.25, 0.3) is 5.91 Å². The number of hydrogen-bond donors (Lipinski definition) is 1. The lowest BCUT2D eigenvalue weighted by Gasteiger charge is -2.24. The maximum Gasteiger partial charge on any atom is 0.416 e. The predicted octanol–water partition coefficient (Wildman–Crippen LogP) is 5.61. The summed E-state index contributed by atoms with van der Waals surface area (Å²) in [5, 5.41) is 2.39. The molecule has 1 aliphatic rings. The molecule has 0 spiro atoms. The monoisotopic (exact) mass is 533 g/mol. The molecular weight excluding hydrogens is 512 g/mol. The summed E-state index contributed by atoms with van der Waals surface area (Å²) in [6, 6.07) is 16.8. The highest BCUT2D eigenvalue weighted by Crippen LogP contribution is 2.36. The van der Waals surface area contributed by atoms with Crippen molar-refractivity contribution in [2.75, 3.05) is 11.4 Å². The molecule has 2 amide bonds. The first-order valence-electron chi connectivity index (χ1n) is 11.5. The summed E-state index contributed by atoms with van der Waals surface area (Å²) in [6.45, 7) is 1.95. The summed E-state index contributed by atoms with van der Waals surface area (Å²) in [4.78, 5) is 32.1. The van der Waals surface area contributed by atoms with Crippen molar-refractivity contribution >= 4 is 23.2 Å².